The molecule has 1 aromatic carbocycles. The molecule has 1 heterocycles. The lowest BCUT2D eigenvalue weighted by molar-refractivity contribution is 0.603. The van der Waals surface area contributed by atoms with Crippen molar-refractivity contribution in [2.45, 2.75) is 11.1 Å². The first-order chi connectivity index (χ1) is 8.38. The van der Waals surface area contributed by atoms with Gasteiger partial charge in [0, 0.05) is 4.88 Å². The first-order valence-corrected chi connectivity index (χ1v) is 7.70. The lowest BCUT2D eigenvalue weighted by Gasteiger charge is -2.07. The van der Waals surface area contributed by atoms with Crippen LogP contribution in [0.1, 0.15) is 4.88 Å². The average Bonchev–Trinajstić information content (AvgIpc) is 2.71. The van der Waals surface area contributed by atoms with Crippen LogP contribution in [-0.2, 0) is 10.0 Å². The average molecular weight is 303 g/mol. The minimum atomic E-state index is -3.55. The zero-order valence-electron chi connectivity index (χ0n) is 9.48. The Morgan fingerprint density at radius 2 is 2.00 bits per heavy atom. The van der Waals surface area contributed by atoms with Crippen molar-refractivity contribution in [1.82, 2.24) is 0 Å². The third-order valence-corrected chi connectivity index (χ3v) is 5.45. The highest BCUT2D eigenvalue weighted by Crippen LogP contribution is 2.26. The predicted octanol–water partition coefficient (Wildman–Crippen LogP) is 3.09. The van der Waals surface area contributed by atoms with E-state index in [1.807, 2.05) is 6.92 Å². The van der Waals surface area contributed by atoms with E-state index < -0.39 is 10.0 Å². The number of anilines is 2. The smallest absolute Gasteiger partial charge is 0.271 e. The number of rotatable bonds is 3. The number of benzene rings is 1. The van der Waals surface area contributed by atoms with Gasteiger partial charge in [0.05, 0.1) is 16.4 Å². The lowest BCUT2D eigenvalue weighted by atomic mass is 10.3. The minimum absolute atomic E-state index is 0.272. The summed E-state index contributed by atoms with van der Waals surface area (Å²) < 4.78 is 26.8. The summed E-state index contributed by atoms with van der Waals surface area (Å²) in [6.07, 6.45) is 0. The van der Waals surface area contributed by atoms with Gasteiger partial charge in [0.15, 0.2) is 0 Å². The van der Waals surface area contributed by atoms with Crippen LogP contribution in [0.3, 0.4) is 0 Å². The van der Waals surface area contributed by atoms with Gasteiger partial charge in [-0.15, -0.1) is 11.3 Å². The Morgan fingerprint density at radius 1 is 1.28 bits per heavy atom. The highest BCUT2D eigenvalue weighted by atomic mass is 35.5. The molecule has 4 nitrogen and oxygen atoms in total. The predicted molar refractivity (Wildman–Crippen MR) is 75.7 cm³/mol. The largest absolute Gasteiger partial charge is 0.397 e. The summed E-state index contributed by atoms with van der Waals surface area (Å²) in [5, 5.41) is 0.393. The van der Waals surface area contributed by atoms with Crippen molar-refractivity contribution in [3.8, 4) is 0 Å². The summed E-state index contributed by atoms with van der Waals surface area (Å²) >= 11 is 6.99. The van der Waals surface area contributed by atoms with E-state index in [-0.39, 0.29) is 4.21 Å². The van der Waals surface area contributed by atoms with Crippen molar-refractivity contribution in [2.75, 3.05) is 10.5 Å². The maximum atomic E-state index is 12.0. The van der Waals surface area contributed by atoms with E-state index in [9.17, 15) is 8.42 Å². The number of nitrogens with one attached hydrogen (secondary N) is 1. The van der Waals surface area contributed by atoms with Crippen LogP contribution in [0.4, 0.5) is 11.4 Å². The standard InChI is InChI=1S/C11H11ClN2O2S2/c1-7-2-5-11(17-7)18(15,16)14-8-3-4-9(12)10(13)6-8/h2-6,14H,13H2,1H3. The fourth-order valence-electron chi connectivity index (χ4n) is 1.37. The number of hydrogen-bond acceptors (Lipinski definition) is 4. The van der Waals surface area contributed by atoms with E-state index in [2.05, 4.69) is 4.72 Å². The molecule has 2 rings (SSSR count). The molecule has 0 saturated carbocycles. The molecule has 1 aromatic heterocycles. The quantitative estimate of drug-likeness (QED) is 0.856. The zero-order valence-corrected chi connectivity index (χ0v) is 11.9. The summed E-state index contributed by atoms with van der Waals surface area (Å²) in [4.78, 5) is 0.936. The Hall–Kier alpha value is -1.24. The molecular weight excluding hydrogens is 292 g/mol. The summed E-state index contributed by atoms with van der Waals surface area (Å²) in [6, 6.07) is 7.93. The number of thiophene rings is 1. The second-order valence-corrected chi connectivity index (χ2v) is 7.31. The molecule has 18 heavy (non-hydrogen) atoms. The summed E-state index contributed by atoms with van der Waals surface area (Å²) in [6.45, 7) is 1.85. The molecule has 0 atom stereocenters. The van der Waals surface area contributed by atoms with Gasteiger partial charge in [0.25, 0.3) is 10.0 Å². The molecule has 0 amide bonds. The highest BCUT2D eigenvalue weighted by Gasteiger charge is 2.16. The first-order valence-electron chi connectivity index (χ1n) is 5.03. The summed E-state index contributed by atoms with van der Waals surface area (Å²) in [5.74, 6) is 0. The van der Waals surface area contributed by atoms with Crippen LogP contribution in [0.5, 0.6) is 0 Å². The highest BCUT2D eigenvalue weighted by molar-refractivity contribution is 7.94. The van der Waals surface area contributed by atoms with Gasteiger partial charge in [-0.1, -0.05) is 11.6 Å². The molecule has 96 valence electrons. The van der Waals surface area contributed by atoms with E-state index in [0.29, 0.717) is 16.4 Å². The van der Waals surface area contributed by atoms with Crippen molar-refractivity contribution < 1.29 is 8.42 Å². The van der Waals surface area contributed by atoms with Crippen molar-refractivity contribution in [2.24, 2.45) is 0 Å². The van der Waals surface area contributed by atoms with Crippen molar-refractivity contribution >= 4 is 44.3 Å². The van der Waals surface area contributed by atoms with Gasteiger partial charge in [-0.2, -0.15) is 0 Å². The lowest BCUT2D eigenvalue weighted by Crippen LogP contribution is -2.11. The van der Waals surface area contributed by atoms with Crippen LogP contribution in [-0.4, -0.2) is 8.42 Å². The Balaban J connectivity index is 2.30. The fraction of sp³-hybridized carbons (Fsp3) is 0.0909. The maximum Gasteiger partial charge on any atom is 0.271 e. The van der Waals surface area contributed by atoms with Crippen LogP contribution in [0.25, 0.3) is 0 Å². The molecule has 7 heteroatoms. The third-order valence-electron chi connectivity index (χ3n) is 2.23. The Bertz CT molecular complexity index is 680. The molecule has 0 aliphatic heterocycles. The van der Waals surface area contributed by atoms with E-state index in [0.717, 1.165) is 4.88 Å². The van der Waals surface area contributed by atoms with Crippen LogP contribution in [0, 0.1) is 6.92 Å². The first kappa shape index (κ1) is 13.2. The molecule has 3 N–H and O–H groups in total. The molecule has 0 saturated heterocycles. The molecule has 0 radical (unpaired) electrons. The number of hydrogen-bond donors (Lipinski definition) is 2. The summed E-state index contributed by atoms with van der Waals surface area (Å²) in [5.41, 5.74) is 6.34. The minimum Gasteiger partial charge on any atom is -0.397 e. The van der Waals surface area contributed by atoms with Gasteiger partial charge in [-0.3, -0.25) is 4.72 Å². The van der Waals surface area contributed by atoms with Crippen LogP contribution < -0.4 is 10.5 Å². The normalized spacial score (nSPS) is 11.4. The Morgan fingerprint density at radius 3 is 2.56 bits per heavy atom. The van der Waals surface area contributed by atoms with Crippen LogP contribution in [0.15, 0.2) is 34.5 Å². The Kier molecular flexibility index (Phi) is 3.52. The van der Waals surface area contributed by atoms with Gasteiger partial charge < -0.3 is 5.73 Å². The second kappa shape index (κ2) is 4.79. The monoisotopic (exact) mass is 302 g/mol. The molecule has 0 unspecified atom stereocenters. The van der Waals surface area contributed by atoms with Crippen molar-refractivity contribution in [3.63, 3.8) is 0 Å². The second-order valence-electron chi connectivity index (χ2n) is 3.71. The van der Waals surface area contributed by atoms with Crippen LogP contribution >= 0.6 is 22.9 Å². The molecule has 0 spiro atoms. The number of sulfonamides is 1. The van der Waals surface area contributed by atoms with Gasteiger partial charge in [0.1, 0.15) is 4.21 Å². The van der Waals surface area contributed by atoms with Gasteiger partial charge in [-0.05, 0) is 37.3 Å². The number of halogens is 1. The molecule has 2 aromatic rings. The SMILES string of the molecule is Cc1ccc(S(=O)(=O)Nc2ccc(Cl)c(N)c2)s1. The number of nitrogen functional groups attached to an aromatic ring is 1. The van der Waals surface area contributed by atoms with Gasteiger partial charge >= 0.3 is 0 Å². The van der Waals surface area contributed by atoms with Crippen molar-refractivity contribution in [3.05, 3.63) is 40.2 Å². The van der Waals surface area contributed by atoms with Crippen molar-refractivity contribution in [1.29, 1.82) is 0 Å². The zero-order chi connectivity index (χ0) is 13.3. The van der Waals surface area contributed by atoms with Gasteiger partial charge in [0.2, 0.25) is 0 Å². The Labute approximate surface area is 114 Å². The molecule has 0 aliphatic carbocycles. The topological polar surface area (TPSA) is 72.2 Å². The fourth-order valence-corrected chi connectivity index (χ4v) is 3.82. The van der Waals surface area contributed by atoms with E-state index in [1.165, 1.54) is 17.4 Å². The molecule has 0 bridgehead atoms. The number of aryl methyl sites for hydroxylation is 1. The molecule has 0 aliphatic rings. The summed E-state index contributed by atoms with van der Waals surface area (Å²) in [7, 11) is -3.55. The van der Waals surface area contributed by atoms with Crippen LogP contribution in [0.2, 0.25) is 5.02 Å². The maximum absolute atomic E-state index is 12.0. The van der Waals surface area contributed by atoms with E-state index in [1.54, 1.807) is 24.3 Å². The number of nitrogens with two attached hydrogens (primary N) is 1. The van der Waals surface area contributed by atoms with E-state index >= 15 is 0 Å². The molecule has 0 fully saturated rings. The molecular formula is C11H11ClN2O2S2. The van der Waals surface area contributed by atoms with Gasteiger partial charge in [-0.25, -0.2) is 8.42 Å². The van der Waals surface area contributed by atoms with E-state index in [4.69, 9.17) is 17.3 Å². The third kappa shape index (κ3) is 2.77.